The Morgan fingerprint density at radius 2 is 2.06 bits per heavy atom. The molecule has 4 rings (SSSR count). The quantitative estimate of drug-likeness (QED) is 0.570. The van der Waals surface area contributed by atoms with Gasteiger partial charge in [0.15, 0.2) is 9.84 Å². The molecule has 1 unspecified atom stereocenters. The van der Waals surface area contributed by atoms with E-state index < -0.39 is 9.84 Å². The summed E-state index contributed by atoms with van der Waals surface area (Å²) in [5, 5.41) is 4.01. The molecule has 10 heteroatoms. The first-order valence-corrected chi connectivity index (χ1v) is 12.6. The smallest absolute Gasteiger partial charge is 0.324 e. The Morgan fingerprint density at radius 1 is 1.29 bits per heavy atom. The molecule has 0 radical (unpaired) electrons. The van der Waals surface area contributed by atoms with Crippen molar-refractivity contribution in [2.24, 2.45) is 17.8 Å². The van der Waals surface area contributed by atoms with Crippen molar-refractivity contribution in [3.8, 4) is 5.88 Å². The lowest BCUT2D eigenvalue weighted by atomic mass is 9.91. The molecule has 0 aromatic carbocycles. The van der Waals surface area contributed by atoms with Crippen LogP contribution in [0.3, 0.4) is 0 Å². The predicted octanol–water partition coefficient (Wildman–Crippen LogP) is 2.90. The first-order chi connectivity index (χ1) is 14.8. The monoisotopic (exact) mass is 450 g/mol. The zero-order chi connectivity index (χ0) is 22.0. The van der Waals surface area contributed by atoms with Crippen LogP contribution < -0.4 is 9.64 Å². The van der Waals surface area contributed by atoms with Crippen molar-refractivity contribution in [1.82, 2.24) is 15.1 Å². The molecule has 9 nitrogen and oxygen atoms in total. The minimum atomic E-state index is -3.23. The van der Waals surface area contributed by atoms with Crippen LogP contribution in [0.2, 0.25) is 0 Å². The van der Waals surface area contributed by atoms with Crippen molar-refractivity contribution in [1.29, 1.82) is 0 Å². The first-order valence-electron chi connectivity index (χ1n) is 10.8. The molecule has 2 aromatic rings. The third-order valence-corrected chi connectivity index (χ3v) is 7.51. The Hall–Kier alpha value is -2.20. The second-order valence-corrected chi connectivity index (χ2v) is 10.6. The lowest BCUT2D eigenvalue weighted by Gasteiger charge is -2.30. The zero-order valence-electron chi connectivity index (χ0n) is 18.2. The number of anilines is 1. The van der Waals surface area contributed by atoms with E-state index in [-0.39, 0.29) is 11.0 Å². The molecule has 0 N–H and O–H groups in total. The highest BCUT2D eigenvalue weighted by atomic mass is 32.2. The summed E-state index contributed by atoms with van der Waals surface area (Å²) >= 11 is 0. The number of aromatic nitrogens is 3. The van der Waals surface area contributed by atoms with Crippen LogP contribution >= 0.6 is 0 Å². The number of nitrogens with zero attached hydrogens (tertiary/aromatic N) is 4. The molecule has 2 aliphatic rings. The summed E-state index contributed by atoms with van der Waals surface area (Å²) in [7, 11) is -1.60. The van der Waals surface area contributed by atoms with Crippen molar-refractivity contribution in [2.45, 2.75) is 43.6 Å². The Labute approximate surface area is 183 Å². The molecule has 0 bridgehead atoms. The number of rotatable bonds is 9. The van der Waals surface area contributed by atoms with Gasteiger partial charge in [-0.15, -0.1) is 0 Å². The van der Waals surface area contributed by atoms with Gasteiger partial charge in [0.25, 0.3) is 0 Å². The van der Waals surface area contributed by atoms with Crippen LogP contribution in [-0.2, 0) is 14.6 Å². The average Bonchev–Trinajstić information content (AvgIpc) is 3.36. The highest BCUT2D eigenvalue weighted by Gasteiger charge is 2.43. The van der Waals surface area contributed by atoms with Crippen molar-refractivity contribution < 1.29 is 22.4 Å². The number of hydrogen-bond donors (Lipinski definition) is 0. The van der Waals surface area contributed by atoms with Crippen LogP contribution in [-0.4, -0.2) is 56.6 Å². The summed E-state index contributed by atoms with van der Waals surface area (Å²) in [5.74, 6) is 3.25. The van der Waals surface area contributed by atoms with Crippen LogP contribution in [0, 0.1) is 17.8 Å². The summed E-state index contributed by atoms with van der Waals surface area (Å²) in [6, 6.07) is 3.74. The second-order valence-electron chi connectivity index (χ2n) is 8.54. The van der Waals surface area contributed by atoms with Crippen LogP contribution in [0.4, 0.5) is 6.01 Å². The number of hydrogen-bond acceptors (Lipinski definition) is 9. The molecular formula is C21H30N4O5S. The van der Waals surface area contributed by atoms with Crippen molar-refractivity contribution in [3.63, 3.8) is 0 Å². The Kier molecular flexibility index (Phi) is 6.47. The van der Waals surface area contributed by atoms with E-state index in [1.165, 1.54) is 24.9 Å². The highest BCUT2D eigenvalue weighted by Crippen LogP contribution is 2.49. The maximum Gasteiger partial charge on any atom is 0.324 e. The van der Waals surface area contributed by atoms with Gasteiger partial charge in [-0.3, -0.25) is 0 Å². The molecule has 3 heterocycles. The van der Waals surface area contributed by atoms with Crippen LogP contribution in [0.5, 0.6) is 5.88 Å². The number of pyridine rings is 1. The second kappa shape index (κ2) is 9.12. The molecule has 31 heavy (non-hydrogen) atoms. The van der Waals surface area contributed by atoms with Gasteiger partial charge in [0.2, 0.25) is 11.7 Å². The molecule has 1 aliphatic carbocycles. The van der Waals surface area contributed by atoms with Crippen LogP contribution in [0.25, 0.3) is 0 Å². The van der Waals surface area contributed by atoms with Crippen molar-refractivity contribution in [2.75, 3.05) is 38.0 Å². The fourth-order valence-electron chi connectivity index (χ4n) is 4.31. The van der Waals surface area contributed by atoms with E-state index in [0.717, 1.165) is 44.2 Å². The SMILES string of the molecule is COC(C)c1noc(N2CCC([C@H]3C[C@H]3CCOc3ccc(S(C)(=O)=O)cn3)CC2)n1. The summed E-state index contributed by atoms with van der Waals surface area (Å²) in [4.78, 5) is 10.9. The van der Waals surface area contributed by atoms with E-state index >= 15 is 0 Å². The van der Waals surface area contributed by atoms with Gasteiger partial charge in [-0.25, -0.2) is 13.4 Å². The lowest BCUT2D eigenvalue weighted by molar-refractivity contribution is 0.109. The van der Waals surface area contributed by atoms with Gasteiger partial charge in [0.05, 0.1) is 11.5 Å². The van der Waals surface area contributed by atoms with Crippen LogP contribution in [0.1, 0.15) is 44.5 Å². The standard InChI is InChI=1S/C21H30N4O5S/c1-14(28-2)20-23-21(30-24-20)25-9-6-15(7-10-25)18-12-16(18)8-11-29-19-5-4-17(13-22-19)31(3,26)27/h4-5,13-16,18H,6-12H2,1-3H3/t14?,16-,18-/m1/s1. The van der Waals surface area contributed by atoms with Crippen molar-refractivity contribution >= 4 is 15.9 Å². The highest BCUT2D eigenvalue weighted by molar-refractivity contribution is 7.90. The molecule has 1 saturated carbocycles. The van der Waals surface area contributed by atoms with E-state index in [1.807, 2.05) is 6.92 Å². The summed E-state index contributed by atoms with van der Waals surface area (Å²) in [6.45, 7) is 4.38. The molecule has 2 aromatic heterocycles. The molecule has 2 fully saturated rings. The molecule has 1 aliphatic heterocycles. The Balaban J connectivity index is 1.17. The number of methoxy groups -OCH3 is 1. The van der Waals surface area contributed by atoms with Gasteiger partial charge in [0.1, 0.15) is 6.10 Å². The fourth-order valence-corrected chi connectivity index (χ4v) is 4.87. The Morgan fingerprint density at radius 3 is 2.71 bits per heavy atom. The van der Waals surface area contributed by atoms with Gasteiger partial charge < -0.3 is 18.9 Å². The normalized spacial score (nSPS) is 23.0. The number of sulfone groups is 1. The molecule has 3 atom stereocenters. The third-order valence-electron chi connectivity index (χ3n) is 6.42. The number of ether oxygens (including phenoxy) is 2. The molecule has 0 amide bonds. The van der Waals surface area contributed by atoms with Crippen molar-refractivity contribution in [3.05, 3.63) is 24.2 Å². The minimum Gasteiger partial charge on any atom is -0.478 e. The van der Waals surface area contributed by atoms with E-state index in [1.54, 1.807) is 13.2 Å². The molecule has 0 spiro atoms. The lowest BCUT2D eigenvalue weighted by Crippen LogP contribution is -2.34. The topological polar surface area (TPSA) is 108 Å². The van der Waals surface area contributed by atoms with E-state index in [9.17, 15) is 8.42 Å². The summed E-state index contributed by atoms with van der Waals surface area (Å²) in [5.41, 5.74) is 0. The maximum atomic E-state index is 11.5. The summed E-state index contributed by atoms with van der Waals surface area (Å²) in [6.07, 6.45) is 6.87. The van der Waals surface area contributed by atoms with Crippen LogP contribution in [0.15, 0.2) is 27.7 Å². The van der Waals surface area contributed by atoms with Gasteiger partial charge in [-0.2, -0.15) is 4.98 Å². The zero-order valence-corrected chi connectivity index (χ0v) is 19.0. The Bertz CT molecular complexity index is 970. The van der Waals surface area contributed by atoms with E-state index in [4.69, 9.17) is 14.0 Å². The molecule has 170 valence electrons. The van der Waals surface area contributed by atoms with Gasteiger partial charge in [-0.05, 0) is 56.4 Å². The van der Waals surface area contributed by atoms with Gasteiger partial charge in [-0.1, -0.05) is 5.16 Å². The summed E-state index contributed by atoms with van der Waals surface area (Å²) < 4.78 is 39.3. The predicted molar refractivity (Wildman–Crippen MR) is 114 cm³/mol. The minimum absolute atomic E-state index is 0.169. The largest absolute Gasteiger partial charge is 0.478 e. The molecular weight excluding hydrogens is 420 g/mol. The fraction of sp³-hybridized carbons (Fsp3) is 0.667. The molecule has 1 saturated heterocycles. The van der Waals surface area contributed by atoms with Gasteiger partial charge >= 0.3 is 6.01 Å². The van der Waals surface area contributed by atoms with E-state index in [0.29, 0.717) is 30.2 Å². The van der Waals surface area contributed by atoms with E-state index in [2.05, 4.69) is 20.0 Å². The average molecular weight is 451 g/mol. The first kappa shape index (κ1) is 22.0. The number of piperidine rings is 1. The van der Waals surface area contributed by atoms with Gasteiger partial charge in [0, 0.05) is 38.7 Å². The maximum absolute atomic E-state index is 11.5. The third kappa shape index (κ3) is 5.35.